The molecule has 0 saturated heterocycles. The molecule has 0 radical (unpaired) electrons. The minimum atomic E-state index is -0.899. The molecule has 0 aromatic heterocycles. The summed E-state index contributed by atoms with van der Waals surface area (Å²) in [5.41, 5.74) is 0.00598. The van der Waals surface area contributed by atoms with Gasteiger partial charge in [0.05, 0.1) is 13.0 Å². The Hall–Kier alpha value is -1.19. The highest BCUT2D eigenvalue weighted by Gasteiger charge is 2.50. The lowest BCUT2D eigenvalue weighted by molar-refractivity contribution is -0.154. The van der Waals surface area contributed by atoms with E-state index in [1.54, 1.807) is 6.92 Å². The molecule has 1 fully saturated rings. The first-order valence-electron chi connectivity index (χ1n) is 5.11. The number of rotatable bonds is 5. The zero-order valence-corrected chi connectivity index (χ0v) is 9.33. The van der Waals surface area contributed by atoms with E-state index in [0.29, 0.717) is 0 Å². The number of hydrogen-bond donors (Lipinski definition) is 0. The van der Waals surface area contributed by atoms with Crippen molar-refractivity contribution in [1.29, 1.82) is 0 Å². The molecule has 1 aliphatic rings. The van der Waals surface area contributed by atoms with Gasteiger partial charge in [0.1, 0.15) is 5.78 Å². The molecule has 0 heterocycles. The maximum absolute atomic E-state index is 11.5. The van der Waals surface area contributed by atoms with Gasteiger partial charge in [-0.2, -0.15) is 0 Å². The monoisotopic (exact) mass is 212 g/mol. The molecule has 0 aromatic rings. The molecular formula is C11H16O4. The van der Waals surface area contributed by atoms with Crippen molar-refractivity contribution in [2.45, 2.75) is 33.6 Å². The predicted octanol–water partition coefficient (Wildman–Crippen LogP) is 1.12. The lowest BCUT2D eigenvalue weighted by Gasteiger charge is -2.02. The molecular weight excluding hydrogens is 196 g/mol. The third-order valence-electron chi connectivity index (χ3n) is 2.74. The molecule has 0 bridgehead atoms. The van der Waals surface area contributed by atoms with Gasteiger partial charge < -0.3 is 4.74 Å². The van der Waals surface area contributed by atoms with Gasteiger partial charge >= 0.3 is 5.97 Å². The van der Waals surface area contributed by atoms with Gasteiger partial charge in [-0.25, -0.2) is 4.79 Å². The lowest BCUT2D eigenvalue weighted by Crippen LogP contribution is -2.22. The molecule has 4 nitrogen and oxygen atoms in total. The number of ketones is 2. The van der Waals surface area contributed by atoms with Gasteiger partial charge in [-0.15, -0.1) is 0 Å². The molecule has 0 aromatic carbocycles. The average Bonchev–Trinajstić information content (AvgIpc) is 2.75. The van der Waals surface area contributed by atoms with Crippen molar-refractivity contribution in [3.8, 4) is 0 Å². The van der Waals surface area contributed by atoms with Gasteiger partial charge in [-0.1, -0.05) is 13.8 Å². The Morgan fingerprint density at radius 3 is 2.27 bits per heavy atom. The minimum absolute atomic E-state index is 0.00598. The highest BCUT2D eigenvalue weighted by molar-refractivity contribution is 6.37. The van der Waals surface area contributed by atoms with Crippen LogP contribution in [0.3, 0.4) is 0 Å². The van der Waals surface area contributed by atoms with E-state index < -0.39 is 11.8 Å². The van der Waals surface area contributed by atoms with Crippen LogP contribution >= 0.6 is 0 Å². The molecule has 0 amide bonds. The number of ether oxygens (including phenoxy) is 1. The largest absolute Gasteiger partial charge is 0.460 e. The van der Waals surface area contributed by atoms with Crippen molar-refractivity contribution in [2.75, 3.05) is 6.61 Å². The second kappa shape index (κ2) is 4.13. The van der Waals surface area contributed by atoms with E-state index in [-0.39, 0.29) is 30.1 Å². The van der Waals surface area contributed by atoms with Crippen LogP contribution in [0.4, 0.5) is 0 Å². The van der Waals surface area contributed by atoms with E-state index in [9.17, 15) is 14.4 Å². The van der Waals surface area contributed by atoms with E-state index in [4.69, 9.17) is 0 Å². The first-order valence-corrected chi connectivity index (χ1v) is 5.11. The van der Waals surface area contributed by atoms with Crippen molar-refractivity contribution >= 4 is 17.5 Å². The minimum Gasteiger partial charge on any atom is -0.460 e. The first kappa shape index (κ1) is 11.9. The highest BCUT2D eigenvalue weighted by Crippen LogP contribution is 2.52. The number of carbonyl (C=O) groups is 3. The second-order valence-electron chi connectivity index (χ2n) is 4.53. The summed E-state index contributed by atoms with van der Waals surface area (Å²) in [5, 5.41) is 0. The maximum Gasteiger partial charge on any atom is 0.375 e. The molecule has 4 heteroatoms. The fourth-order valence-corrected chi connectivity index (χ4v) is 1.58. The van der Waals surface area contributed by atoms with Crippen molar-refractivity contribution in [3.63, 3.8) is 0 Å². The van der Waals surface area contributed by atoms with Gasteiger partial charge in [0.15, 0.2) is 0 Å². The number of hydrogen-bond acceptors (Lipinski definition) is 4. The average molecular weight is 212 g/mol. The Morgan fingerprint density at radius 2 is 1.87 bits per heavy atom. The van der Waals surface area contributed by atoms with Crippen LogP contribution < -0.4 is 0 Å². The van der Waals surface area contributed by atoms with Crippen LogP contribution in [0.25, 0.3) is 0 Å². The van der Waals surface area contributed by atoms with Crippen molar-refractivity contribution < 1.29 is 19.1 Å². The third kappa shape index (κ3) is 2.88. The summed E-state index contributed by atoms with van der Waals surface area (Å²) in [5.74, 6) is -1.83. The third-order valence-corrected chi connectivity index (χ3v) is 2.74. The van der Waals surface area contributed by atoms with E-state index in [2.05, 4.69) is 4.74 Å². The molecule has 1 saturated carbocycles. The SMILES string of the molecule is CCOC(=O)C(=O)CC(=O)C1CC1(C)C. The summed E-state index contributed by atoms with van der Waals surface area (Å²) in [7, 11) is 0. The van der Waals surface area contributed by atoms with Crippen molar-refractivity contribution in [3.05, 3.63) is 0 Å². The van der Waals surface area contributed by atoms with E-state index in [0.717, 1.165) is 6.42 Å². The van der Waals surface area contributed by atoms with Crippen LogP contribution in [0.15, 0.2) is 0 Å². The summed E-state index contributed by atoms with van der Waals surface area (Å²) in [4.78, 5) is 33.7. The summed E-state index contributed by atoms with van der Waals surface area (Å²) in [6.45, 7) is 5.74. The quantitative estimate of drug-likeness (QED) is 0.389. The Morgan fingerprint density at radius 1 is 1.33 bits per heavy atom. The van der Waals surface area contributed by atoms with Crippen molar-refractivity contribution in [2.24, 2.45) is 11.3 Å². The number of esters is 1. The van der Waals surface area contributed by atoms with Crippen molar-refractivity contribution in [1.82, 2.24) is 0 Å². The summed E-state index contributed by atoms with van der Waals surface area (Å²) < 4.78 is 4.52. The van der Waals surface area contributed by atoms with Gasteiger partial charge in [0.25, 0.3) is 0 Å². The Balaban J connectivity index is 2.39. The van der Waals surface area contributed by atoms with E-state index >= 15 is 0 Å². The van der Waals surface area contributed by atoms with Crippen LogP contribution in [0.1, 0.15) is 33.6 Å². The summed E-state index contributed by atoms with van der Waals surface area (Å²) in [6, 6.07) is 0. The molecule has 1 atom stereocenters. The Labute approximate surface area is 89.0 Å². The fourth-order valence-electron chi connectivity index (χ4n) is 1.58. The molecule has 84 valence electrons. The highest BCUT2D eigenvalue weighted by atomic mass is 16.5. The van der Waals surface area contributed by atoms with E-state index in [1.807, 2.05) is 13.8 Å². The van der Waals surface area contributed by atoms with E-state index in [1.165, 1.54) is 0 Å². The normalized spacial score (nSPS) is 21.9. The predicted molar refractivity (Wildman–Crippen MR) is 53.2 cm³/mol. The van der Waals surface area contributed by atoms with Gasteiger partial charge in [0, 0.05) is 5.92 Å². The van der Waals surface area contributed by atoms with Gasteiger partial charge in [0.2, 0.25) is 5.78 Å². The zero-order valence-electron chi connectivity index (χ0n) is 9.33. The van der Waals surface area contributed by atoms with Crippen LogP contribution in [-0.2, 0) is 19.1 Å². The van der Waals surface area contributed by atoms with Crippen LogP contribution in [0.5, 0.6) is 0 Å². The molecule has 15 heavy (non-hydrogen) atoms. The number of Topliss-reactive ketones (excluding diaryl/α,β-unsaturated/α-hetero) is 2. The standard InChI is InChI=1S/C11H16O4/c1-4-15-10(14)9(13)5-8(12)7-6-11(7,2)3/h7H,4-6H2,1-3H3. The molecule has 1 rings (SSSR count). The Kier molecular flexibility index (Phi) is 3.27. The Bertz CT molecular complexity index is 304. The summed E-state index contributed by atoms with van der Waals surface area (Å²) >= 11 is 0. The molecule has 0 spiro atoms. The van der Waals surface area contributed by atoms with Gasteiger partial charge in [-0.05, 0) is 18.8 Å². The topological polar surface area (TPSA) is 60.4 Å². The second-order valence-corrected chi connectivity index (χ2v) is 4.53. The van der Waals surface area contributed by atoms with Crippen LogP contribution in [-0.4, -0.2) is 24.1 Å². The van der Waals surface area contributed by atoms with Crippen LogP contribution in [0.2, 0.25) is 0 Å². The maximum atomic E-state index is 11.5. The fraction of sp³-hybridized carbons (Fsp3) is 0.727. The lowest BCUT2D eigenvalue weighted by atomic mass is 10.0. The first-order chi connectivity index (χ1) is 6.88. The molecule has 0 N–H and O–H groups in total. The van der Waals surface area contributed by atoms with Gasteiger partial charge in [-0.3, -0.25) is 9.59 Å². The van der Waals surface area contributed by atoms with Crippen LogP contribution in [0, 0.1) is 11.3 Å². The molecule has 1 unspecified atom stereocenters. The summed E-state index contributed by atoms with van der Waals surface area (Å²) in [6.07, 6.45) is 0.495. The molecule has 0 aliphatic heterocycles. The smallest absolute Gasteiger partial charge is 0.375 e. The molecule has 1 aliphatic carbocycles. The number of carbonyl (C=O) groups excluding carboxylic acids is 3. The zero-order chi connectivity index (χ0) is 11.6.